The molecule has 0 saturated carbocycles. The fraction of sp³-hybridized carbons (Fsp3) is 0.500. The summed E-state index contributed by atoms with van der Waals surface area (Å²) in [6, 6.07) is 3.53. The zero-order chi connectivity index (χ0) is 12.8. The van der Waals surface area contributed by atoms with Crippen LogP contribution in [0.5, 0.6) is 0 Å². The molecule has 1 fully saturated rings. The molecule has 6 heteroatoms. The molecule has 98 valence electrons. The third-order valence-electron chi connectivity index (χ3n) is 2.75. The molecule has 0 radical (unpaired) electrons. The normalized spacial score (nSPS) is 15.5. The molecule has 2 rings (SSSR count). The highest BCUT2D eigenvalue weighted by molar-refractivity contribution is 6.32. The number of aromatic nitrogens is 1. The van der Waals surface area contributed by atoms with Crippen LogP contribution in [0.15, 0.2) is 18.3 Å². The molecule has 0 atom stereocenters. The number of rotatable bonds is 4. The van der Waals surface area contributed by atoms with Crippen molar-refractivity contribution in [3.63, 3.8) is 0 Å². The van der Waals surface area contributed by atoms with Crippen molar-refractivity contribution in [2.24, 2.45) is 0 Å². The van der Waals surface area contributed by atoms with Crippen LogP contribution in [0.25, 0.3) is 0 Å². The number of amides is 1. The Balaban J connectivity index is 1.75. The number of hydrogen-bond acceptors (Lipinski definition) is 4. The van der Waals surface area contributed by atoms with Gasteiger partial charge in [-0.2, -0.15) is 0 Å². The van der Waals surface area contributed by atoms with Gasteiger partial charge in [-0.25, -0.2) is 4.98 Å². The maximum atomic E-state index is 11.9. The number of hydrogen-bond donors (Lipinski definition) is 1. The van der Waals surface area contributed by atoms with Crippen LogP contribution in [0.4, 0.5) is 5.82 Å². The number of anilines is 1. The second-order valence-electron chi connectivity index (χ2n) is 4.00. The SMILES string of the molecule is O=C(CCNc1ncccc1Cl)N1CCOCC1. The number of nitrogens with zero attached hydrogens (tertiary/aromatic N) is 2. The maximum absolute atomic E-state index is 11.9. The zero-order valence-electron chi connectivity index (χ0n) is 10.1. The van der Waals surface area contributed by atoms with E-state index in [1.807, 2.05) is 4.90 Å². The zero-order valence-corrected chi connectivity index (χ0v) is 10.8. The third-order valence-corrected chi connectivity index (χ3v) is 3.06. The van der Waals surface area contributed by atoms with Crippen LogP contribution < -0.4 is 5.32 Å². The summed E-state index contributed by atoms with van der Waals surface area (Å²) in [5.74, 6) is 0.756. The molecular formula is C12H16ClN3O2. The summed E-state index contributed by atoms with van der Waals surface area (Å²) in [5.41, 5.74) is 0. The molecule has 5 nitrogen and oxygen atoms in total. The highest BCUT2D eigenvalue weighted by atomic mass is 35.5. The van der Waals surface area contributed by atoms with E-state index in [0.29, 0.717) is 50.1 Å². The predicted octanol–water partition coefficient (Wildman–Crippen LogP) is 1.40. The van der Waals surface area contributed by atoms with Gasteiger partial charge >= 0.3 is 0 Å². The molecule has 1 saturated heterocycles. The second-order valence-corrected chi connectivity index (χ2v) is 4.41. The van der Waals surface area contributed by atoms with Crippen LogP contribution in [0.2, 0.25) is 5.02 Å². The van der Waals surface area contributed by atoms with Crippen LogP contribution in [0.1, 0.15) is 6.42 Å². The molecule has 18 heavy (non-hydrogen) atoms. The summed E-state index contributed by atoms with van der Waals surface area (Å²) in [6.45, 7) is 3.16. The highest BCUT2D eigenvalue weighted by Crippen LogP contribution is 2.17. The number of pyridine rings is 1. The van der Waals surface area contributed by atoms with Crippen molar-refractivity contribution >= 4 is 23.3 Å². The van der Waals surface area contributed by atoms with Crippen molar-refractivity contribution in [1.29, 1.82) is 0 Å². The minimum atomic E-state index is 0.137. The molecule has 0 unspecified atom stereocenters. The lowest BCUT2D eigenvalue weighted by atomic mass is 10.3. The summed E-state index contributed by atoms with van der Waals surface area (Å²) >= 11 is 5.95. The molecule has 0 aromatic carbocycles. The van der Waals surface area contributed by atoms with Crippen molar-refractivity contribution < 1.29 is 9.53 Å². The van der Waals surface area contributed by atoms with Crippen molar-refractivity contribution in [3.05, 3.63) is 23.4 Å². The average molecular weight is 270 g/mol. The second kappa shape index (κ2) is 6.56. The lowest BCUT2D eigenvalue weighted by Gasteiger charge is -2.26. The number of nitrogens with one attached hydrogen (secondary N) is 1. The smallest absolute Gasteiger partial charge is 0.224 e. The van der Waals surface area contributed by atoms with Crippen molar-refractivity contribution in [2.45, 2.75) is 6.42 Å². The van der Waals surface area contributed by atoms with Gasteiger partial charge in [-0.05, 0) is 12.1 Å². The number of carbonyl (C=O) groups excluding carboxylic acids is 1. The fourth-order valence-corrected chi connectivity index (χ4v) is 1.96. The Morgan fingerprint density at radius 1 is 1.50 bits per heavy atom. The Labute approximate surface area is 111 Å². The Kier molecular flexibility index (Phi) is 4.78. The van der Waals surface area contributed by atoms with Crippen molar-refractivity contribution in [1.82, 2.24) is 9.88 Å². The van der Waals surface area contributed by atoms with E-state index in [0.717, 1.165) is 0 Å². The fourth-order valence-electron chi connectivity index (χ4n) is 1.77. The predicted molar refractivity (Wildman–Crippen MR) is 69.8 cm³/mol. The Morgan fingerprint density at radius 2 is 2.28 bits per heavy atom. The van der Waals surface area contributed by atoms with Gasteiger partial charge in [0, 0.05) is 32.3 Å². The number of carbonyl (C=O) groups is 1. The van der Waals surface area contributed by atoms with E-state index in [9.17, 15) is 4.79 Å². The van der Waals surface area contributed by atoms with Gasteiger partial charge in [0.05, 0.1) is 18.2 Å². The summed E-state index contributed by atoms with van der Waals surface area (Å²) in [5, 5.41) is 3.63. The summed E-state index contributed by atoms with van der Waals surface area (Å²) in [4.78, 5) is 17.8. The number of morpholine rings is 1. The molecule has 1 aromatic heterocycles. The van der Waals surface area contributed by atoms with Crippen LogP contribution in [-0.2, 0) is 9.53 Å². The minimum absolute atomic E-state index is 0.137. The quantitative estimate of drug-likeness (QED) is 0.898. The van der Waals surface area contributed by atoms with Gasteiger partial charge in [0.1, 0.15) is 5.82 Å². The van der Waals surface area contributed by atoms with Crippen LogP contribution in [0, 0.1) is 0 Å². The van der Waals surface area contributed by atoms with Gasteiger partial charge in [0.25, 0.3) is 0 Å². The van der Waals surface area contributed by atoms with Crippen molar-refractivity contribution in [2.75, 3.05) is 38.2 Å². The first-order chi connectivity index (χ1) is 8.77. The lowest BCUT2D eigenvalue weighted by molar-refractivity contribution is -0.134. The van der Waals surface area contributed by atoms with E-state index in [-0.39, 0.29) is 5.91 Å². The van der Waals surface area contributed by atoms with Gasteiger partial charge in [0.2, 0.25) is 5.91 Å². The highest BCUT2D eigenvalue weighted by Gasteiger charge is 2.16. The standard InChI is InChI=1S/C12H16ClN3O2/c13-10-2-1-4-14-12(10)15-5-3-11(17)16-6-8-18-9-7-16/h1-2,4H,3,5-9H2,(H,14,15). The molecule has 2 heterocycles. The molecule has 1 aliphatic rings. The van der Waals surface area contributed by atoms with Gasteiger partial charge in [-0.1, -0.05) is 11.6 Å². The van der Waals surface area contributed by atoms with Gasteiger partial charge in [-0.15, -0.1) is 0 Å². The van der Waals surface area contributed by atoms with E-state index in [2.05, 4.69) is 10.3 Å². The summed E-state index contributed by atoms with van der Waals surface area (Å²) in [6.07, 6.45) is 2.10. The molecular weight excluding hydrogens is 254 g/mol. The van der Waals surface area contributed by atoms with E-state index in [1.54, 1.807) is 18.3 Å². The first kappa shape index (κ1) is 13.1. The first-order valence-corrected chi connectivity index (χ1v) is 6.35. The Hall–Kier alpha value is -1.33. The monoisotopic (exact) mass is 269 g/mol. The lowest BCUT2D eigenvalue weighted by Crippen LogP contribution is -2.41. The van der Waals surface area contributed by atoms with E-state index in [1.165, 1.54) is 0 Å². The largest absolute Gasteiger partial charge is 0.378 e. The Bertz CT molecular complexity index is 408. The van der Waals surface area contributed by atoms with Gasteiger partial charge in [-0.3, -0.25) is 4.79 Å². The molecule has 1 amide bonds. The molecule has 1 aromatic rings. The molecule has 0 bridgehead atoms. The van der Waals surface area contributed by atoms with Gasteiger partial charge < -0.3 is 15.0 Å². The number of halogens is 1. The van der Waals surface area contributed by atoms with Gasteiger partial charge in [0.15, 0.2) is 0 Å². The van der Waals surface area contributed by atoms with E-state index in [4.69, 9.17) is 16.3 Å². The van der Waals surface area contributed by atoms with E-state index >= 15 is 0 Å². The maximum Gasteiger partial charge on any atom is 0.224 e. The van der Waals surface area contributed by atoms with Crippen LogP contribution in [0.3, 0.4) is 0 Å². The summed E-state index contributed by atoms with van der Waals surface area (Å²) < 4.78 is 5.20. The Morgan fingerprint density at radius 3 is 3.00 bits per heavy atom. The summed E-state index contributed by atoms with van der Waals surface area (Å²) in [7, 11) is 0. The van der Waals surface area contributed by atoms with E-state index < -0.39 is 0 Å². The minimum Gasteiger partial charge on any atom is -0.378 e. The van der Waals surface area contributed by atoms with Crippen LogP contribution in [-0.4, -0.2) is 48.6 Å². The third kappa shape index (κ3) is 3.58. The van der Waals surface area contributed by atoms with Crippen molar-refractivity contribution in [3.8, 4) is 0 Å². The number of ether oxygens (including phenoxy) is 1. The molecule has 0 aliphatic carbocycles. The first-order valence-electron chi connectivity index (χ1n) is 5.97. The molecule has 1 N–H and O–H groups in total. The average Bonchev–Trinajstić information content (AvgIpc) is 2.42. The molecule has 1 aliphatic heterocycles. The molecule has 0 spiro atoms. The van der Waals surface area contributed by atoms with Crippen LogP contribution >= 0.6 is 11.6 Å². The topological polar surface area (TPSA) is 54.5 Å².